The Morgan fingerprint density at radius 2 is 1.91 bits per heavy atom. The monoisotopic (exact) mass is 588 g/mol. The maximum atomic E-state index is 13.0. The molecule has 5 aromatic rings. The summed E-state index contributed by atoms with van der Waals surface area (Å²) in [6, 6.07) is 17.5. The van der Waals surface area contributed by atoms with Gasteiger partial charge in [-0.05, 0) is 54.7 Å². The summed E-state index contributed by atoms with van der Waals surface area (Å²) in [4.78, 5) is 37.6. The van der Waals surface area contributed by atoms with Gasteiger partial charge in [0.05, 0.1) is 46.7 Å². The van der Waals surface area contributed by atoms with Crippen molar-refractivity contribution < 1.29 is 19.4 Å². The second-order valence-electron chi connectivity index (χ2n) is 10.6. The molecular weight excluding hydrogens is 560 g/mol. The SMILES string of the molecule is CCc1cc(-c2cnn(C)c2-c2cccc(OC3CC3)c2C#N)cc2c(CNC(=O)c3ccccc3C(=O)O)n[nH]c(=O)c12. The van der Waals surface area contributed by atoms with Crippen LogP contribution in [0.1, 0.15) is 57.3 Å². The van der Waals surface area contributed by atoms with Crippen molar-refractivity contribution in [3.63, 3.8) is 0 Å². The highest BCUT2D eigenvalue weighted by atomic mass is 16.5. The molecule has 6 rings (SSSR count). The number of ether oxygens (including phenoxy) is 1. The molecule has 1 aliphatic rings. The number of aromatic amines is 1. The summed E-state index contributed by atoms with van der Waals surface area (Å²) in [5.41, 5.74) is 4.01. The molecule has 0 unspecified atom stereocenters. The molecule has 2 aromatic heterocycles. The number of aromatic carboxylic acids is 1. The number of aryl methyl sites for hydroxylation is 2. The minimum Gasteiger partial charge on any atom is -0.489 e. The second-order valence-corrected chi connectivity index (χ2v) is 10.6. The number of carboxylic acid groups (broad SMARTS) is 1. The molecule has 11 nitrogen and oxygen atoms in total. The third-order valence-corrected chi connectivity index (χ3v) is 7.71. The third-order valence-electron chi connectivity index (χ3n) is 7.71. The fourth-order valence-electron chi connectivity index (χ4n) is 5.40. The van der Waals surface area contributed by atoms with E-state index < -0.39 is 11.9 Å². The molecule has 220 valence electrons. The average molecular weight is 589 g/mol. The van der Waals surface area contributed by atoms with E-state index in [-0.39, 0.29) is 29.3 Å². The molecule has 3 N–H and O–H groups in total. The van der Waals surface area contributed by atoms with Gasteiger partial charge in [-0.2, -0.15) is 15.5 Å². The number of hydrogen-bond donors (Lipinski definition) is 3. The predicted octanol–water partition coefficient (Wildman–Crippen LogP) is 4.59. The largest absolute Gasteiger partial charge is 0.489 e. The van der Waals surface area contributed by atoms with E-state index in [2.05, 4.69) is 26.7 Å². The molecule has 0 spiro atoms. The van der Waals surface area contributed by atoms with Gasteiger partial charge >= 0.3 is 5.97 Å². The van der Waals surface area contributed by atoms with E-state index in [0.29, 0.717) is 45.5 Å². The van der Waals surface area contributed by atoms with Crippen LogP contribution in [0.25, 0.3) is 33.2 Å². The number of carboxylic acids is 1. The minimum absolute atomic E-state index is 0.0184. The van der Waals surface area contributed by atoms with Crippen LogP contribution in [-0.4, -0.2) is 43.1 Å². The fourth-order valence-corrected chi connectivity index (χ4v) is 5.40. The Bertz CT molecular complexity index is 2050. The maximum Gasteiger partial charge on any atom is 0.336 e. The Morgan fingerprint density at radius 3 is 2.61 bits per heavy atom. The van der Waals surface area contributed by atoms with E-state index >= 15 is 0 Å². The normalized spacial score (nSPS) is 12.6. The van der Waals surface area contributed by atoms with Crippen LogP contribution in [0, 0.1) is 11.3 Å². The first-order chi connectivity index (χ1) is 21.3. The lowest BCUT2D eigenvalue weighted by Gasteiger charge is -2.15. The highest BCUT2D eigenvalue weighted by molar-refractivity contribution is 6.05. The Balaban J connectivity index is 1.44. The van der Waals surface area contributed by atoms with E-state index in [0.717, 1.165) is 29.5 Å². The number of H-pyrrole nitrogens is 1. The van der Waals surface area contributed by atoms with Crippen LogP contribution >= 0.6 is 0 Å². The van der Waals surface area contributed by atoms with Gasteiger partial charge in [0.15, 0.2) is 0 Å². The van der Waals surface area contributed by atoms with Crippen LogP contribution in [0.5, 0.6) is 5.75 Å². The van der Waals surface area contributed by atoms with Crippen LogP contribution in [0.4, 0.5) is 0 Å². The number of carbonyl (C=O) groups is 2. The van der Waals surface area contributed by atoms with E-state index in [4.69, 9.17) is 4.74 Å². The van der Waals surface area contributed by atoms with Gasteiger partial charge in [0.1, 0.15) is 17.4 Å². The lowest BCUT2D eigenvalue weighted by atomic mass is 9.93. The summed E-state index contributed by atoms with van der Waals surface area (Å²) in [6.45, 7) is 1.88. The number of aromatic nitrogens is 4. The van der Waals surface area contributed by atoms with Crippen molar-refractivity contribution in [2.75, 3.05) is 0 Å². The summed E-state index contributed by atoms with van der Waals surface area (Å²) >= 11 is 0. The number of hydrogen-bond acceptors (Lipinski definition) is 7. The molecule has 0 saturated heterocycles. The smallest absolute Gasteiger partial charge is 0.336 e. The van der Waals surface area contributed by atoms with Gasteiger partial charge in [-0.1, -0.05) is 37.3 Å². The molecule has 0 bridgehead atoms. The van der Waals surface area contributed by atoms with Crippen LogP contribution in [0.15, 0.2) is 65.6 Å². The Morgan fingerprint density at radius 1 is 1.14 bits per heavy atom. The van der Waals surface area contributed by atoms with Gasteiger partial charge in [0, 0.05) is 23.6 Å². The lowest BCUT2D eigenvalue weighted by Crippen LogP contribution is -2.26. The predicted molar refractivity (Wildman–Crippen MR) is 162 cm³/mol. The van der Waals surface area contributed by atoms with Crippen LogP contribution in [0.2, 0.25) is 0 Å². The molecule has 11 heteroatoms. The van der Waals surface area contributed by atoms with Gasteiger partial charge in [-0.15, -0.1) is 0 Å². The zero-order valence-electron chi connectivity index (χ0n) is 24.0. The topological polar surface area (TPSA) is 163 Å². The number of carbonyl (C=O) groups excluding carboxylic acids is 1. The molecule has 2 heterocycles. The van der Waals surface area contributed by atoms with Gasteiger partial charge in [0.25, 0.3) is 11.5 Å². The number of nitriles is 1. The highest BCUT2D eigenvalue weighted by Crippen LogP contribution is 2.39. The molecule has 0 aliphatic heterocycles. The first-order valence-corrected chi connectivity index (χ1v) is 14.2. The Labute approximate surface area is 251 Å². The molecule has 1 aliphatic carbocycles. The van der Waals surface area contributed by atoms with Crippen LogP contribution in [-0.2, 0) is 20.0 Å². The molecule has 1 saturated carbocycles. The summed E-state index contributed by atoms with van der Waals surface area (Å²) in [7, 11) is 1.80. The summed E-state index contributed by atoms with van der Waals surface area (Å²) in [5.74, 6) is -1.26. The van der Waals surface area contributed by atoms with E-state index in [9.17, 15) is 24.8 Å². The minimum atomic E-state index is -1.21. The molecule has 0 radical (unpaired) electrons. The molecule has 1 fully saturated rings. The summed E-state index contributed by atoms with van der Waals surface area (Å²) < 4.78 is 7.74. The highest BCUT2D eigenvalue weighted by Gasteiger charge is 2.27. The van der Waals surface area contributed by atoms with Gasteiger partial charge in [0.2, 0.25) is 0 Å². The average Bonchev–Trinajstić information content (AvgIpc) is 3.77. The quantitative estimate of drug-likeness (QED) is 0.225. The number of fused-ring (bicyclic) bond motifs is 1. The summed E-state index contributed by atoms with van der Waals surface area (Å²) in [6.07, 6.45) is 4.31. The zero-order chi connectivity index (χ0) is 31.0. The molecule has 0 atom stereocenters. The van der Waals surface area contributed by atoms with Gasteiger partial charge in [-0.25, -0.2) is 9.89 Å². The number of nitrogens with zero attached hydrogens (tertiary/aromatic N) is 4. The summed E-state index contributed by atoms with van der Waals surface area (Å²) in [5, 5.41) is 34.7. The van der Waals surface area contributed by atoms with Crippen molar-refractivity contribution in [1.82, 2.24) is 25.3 Å². The fraction of sp³-hybridized carbons (Fsp3) is 0.212. The number of benzene rings is 3. The second kappa shape index (κ2) is 11.5. The van der Waals surface area contributed by atoms with Gasteiger partial charge < -0.3 is 15.2 Å². The molecular formula is C33H28N6O5. The maximum absolute atomic E-state index is 13.0. The van der Waals surface area contributed by atoms with Crippen LogP contribution in [0.3, 0.4) is 0 Å². The van der Waals surface area contributed by atoms with Gasteiger partial charge in [-0.3, -0.25) is 14.3 Å². The number of rotatable bonds is 9. The number of nitrogens with one attached hydrogen (secondary N) is 2. The third kappa shape index (κ3) is 5.18. The van der Waals surface area contributed by atoms with E-state index in [1.54, 1.807) is 36.1 Å². The lowest BCUT2D eigenvalue weighted by molar-refractivity contribution is 0.0691. The Hall–Kier alpha value is -5.76. The molecule has 1 amide bonds. The first-order valence-electron chi connectivity index (χ1n) is 14.2. The molecule has 44 heavy (non-hydrogen) atoms. The van der Waals surface area contributed by atoms with Crippen molar-refractivity contribution in [2.24, 2.45) is 7.05 Å². The van der Waals surface area contributed by atoms with Crippen molar-refractivity contribution in [3.8, 4) is 34.2 Å². The van der Waals surface area contributed by atoms with Crippen LogP contribution < -0.4 is 15.6 Å². The van der Waals surface area contributed by atoms with E-state index in [1.165, 1.54) is 12.1 Å². The molecule has 3 aromatic carbocycles. The van der Waals surface area contributed by atoms with Crippen molar-refractivity contribution in [1.29, 1.82) is 5.26 Å². The first kappa shape index (κ1) is 28.4. The number of amides is 1. The zero-order valence-corrected chi connectivity index (χ0v) is 24.0. The van der Waals surface area contributed by atoms with Crippen molar-refractivity contribution in [2.45, 2.75) is 38.8 Å². The Kier molecular flexibility index (Phi) is 7.41. The van der Waals surface area contributed by atoms with E-state index in [1.807, 2.05) is 31.2 Å². The van der Waals surface area contributed by atoms with Crippen molar-refractivity contribution in [3.05, 3.63) is 99.1 Å². The standard InChI is InChI=1S/C33H28N6O5/c1-3-18-13-19(26-16-36-39(2)30(26)21-9-6-10-28(25(21)15-34)44-20-11-12-20)14-24-27(37-38-32(41)29(18)24)17-35-31(40)22-7-4-5-8-23(22)33(42)43/h4-10,13-14,16,20H,3,11-12,17H2,1-2H3,(H,35,40)(H,38,41)(H,42,43). The van der Waals surface area contributed by atoms with Crippen molar-refractivity contribution >= 4 is 22.6 Å².